The number of anilines is 1. The van der Waals surface area contributed by atoms with E-state index in [1.807, 2.05) is 39.0 Å². The van der Waals surface area contributed by atoms with E-state index in [0.29, 0.717) is 24.7 Å². The predicted molar refractivity (Wildman–Crippen MR) is 73.5 cm³/mol. The van der Waals surface area contributed by atoms with E-state index in [-0.39, 0.29) is 6.10 Å². The van der Waals surface area contributed by atoms with Crippen molar-refractivity contribution < 1.29 is 4.74 Å². The monoisotopic (exact) mass is 261 g/mol. The summed E-state index contributed by atoms with van der Waals surface area (Å²) in [6.07, 6.45) is 0.198. The Balaban J connectivity index is 2.24. The van der Waals surface area contributed by atoms with Gasteiger partial charge in [0, 0.05) is 11.3 Å². The van der Waals surface area contributed by atoms with Crippen LogP contribution in [0.3, 0.4) is 0 Å². The van der Waals surface area contributed by atoms with Crippen LogP contribution in [0, 0.1) is 6.92 Å². The third kappa shape index (κ3) is 3.08. The average molecular weight is 261 g/mol. The molecule has 0 radical (unpaired) electrons. The Morgan fingerprint density at radius 1 is 1.37 bits per heavy atom. The largest absolute Gasteiger partial charge is 0.398 e. The van der Waals surface area contributed by atoms with Gasteiger partial charge in [0.25, 0.3) is 0 Å². The molecule has 2 N–H and O–H groups in total. The van der Waals surface area contributed by atoms with Crippen LogP contribution in [0.2, 0.25) is 0 Å². The number of hydrogen-bond donors (Lipinski definition) is 1. The molecule has 0 saturated carbocycles. The molecule has 0 bridgehead atoms. The average Bonchev–Trinajstić information content (AvgIpc) is 2.77. The van der Waals surface area contributed by atoms with Crippen molar-refractivity contribution in [2.75, 3.05) is 12.3 Å². The second kappa shape index (κ2) is 5.79. The summed E-state index contributed by atoms with van der Waals surface area (Å²) in [4.78, 5) is 0. The van der Waals surface area contributed by atoms with Crippen LogP contribution in [-0.2, 0) is 11.3 Å². The van der Waals surface area contributed by atoms with Crippen molar-refractivity contribution >= 4 is 5.69 Å². The first kappa shape index (κ1) is 13.5. The molecular weight excluding hydrogens is 242 g/mol. The lowest BCUT2D eigenvalue weighted by Gasteiger charge is -2.11. The summed E-state index contributed by atoms with van der Waals surface area (Å²) < 4.78 is 7.24. The van der Waals surface area contributed by atoms with E-state index in [2.05, 4.69) is 15.5 Å². The van der Waals surface area contributed by atoms with Crippen molar-refractivity contribution in [3.05, 3.63) is 23.8 Å². The smallest absolute Gasteiger partial charge is 0.184 e. The fraction of sp³-hybridized carbons (Fsp3) is 0.462. The van der Waals surface area contributed by atoms with Crippen molar-refractivity contribution in [2.24, 2.45) is 0 Å². The molecule has 0 saturated heterocycles. The molecule has 6 heteroatoms. The van der Waals surface area contributed by atoms with E-state index in [0.717, 1.165) is 11.1 Å². The van der Waals surface area contributed by atoms with E-state index in [9.17, 15) is 0 Å². The number of hydrogen-bond acceptors (Lipinski definition) is 5. The Labute approximate surface area is 112 Å². The standard InChI is InChI=1S/C13H19N5O/c1-9(2)19-8-7-18-13(15-16-17-18)12-10(3)5-4-6-11(12)14/h4-6,9H,7-8,14H2,1-3H3. The lowest BCUT2D eigenvalue weighted by Crippen LogP contribution is -2.13. The summed E-state index contributed by atoms with van der Waals surface area (Å²) in [6.45, 7) is 7.17. The lowest BCUT2D eigenvalue weighted by atomic mass is 10.1. The molecule has 0 aliphatic rings. The Morgan fingerprint density at radius 2 is 2.16 bits per heavy atom. The van der Waals surface area contributed by atoms with Crippen LogP contribution >= 0.6 is 0 Å². The SMILES string of the molecule is Cc1cccc(N)c1-c1nnnn1CCOC(C)C. The summed E-state index contributed by atoms with van der Waals surface area (Å²) >= 11 is 0. The minimum atomic E-state index is 0.198. The van der Waals surface area contributed by atoms with Gasteiger partial charge in [-0.2, -0.15) is 0 Å². The summed E-state index contributed by atoms with van der Waals surface area (Å²) in [5.74, 6) is 0.683. The lowest BCUT2D eigenvalue weighted by molar-refractivity contribution is 0.0709. The van der Waals surface area contributed by atoms with Crippen molar-refractivity contribution in [2.45, 2.75) is 33.4 Å². The second-order valence-electron chi connectivity index (χ2n) is 4.68. The predicted octanol–water partition coefficient (Wildman–Crippen LogP) is 1.66. The van der Waals surface area contributed by atoms with Crippen LogP contribution in [0.25, 0.3) is 11.4 Å². The van der Waals surface area contributed by atoms with Gasteiger partial charge in [0.15, 0.2) is 5.82 Å². The van der Waals surface area contributed by atoms with Crippen molar-refractivity contribution in [3.63, 3.8) is 0 Å². The van der Waals surface area contributed by atoms with Crippen LogP contribution in [0.15, 0.2) is 18.2 Å². The van der Waals surface area contributed by atoms with E-state index >= 15 is 0 Å². The fourth-order valence-electron chi connectivity index (χ4n) is 1.91. The minimum Gasteiger partial charge on any atom is -0.398 e. The Hall–Kier alpha value is -1.95. The molecule has 2 rings (SSSR count). The Kier molecular flexibility index (Phi) is 4.11. The van der Waals surface area contributed by atoms with Crippen molar-refractivity contribution in [1.82, 2.24) is 20.2 Å². The van der Waals surface area contributed by atoms with Gasteiger partial charge < -0.3 is 10.5 Å². The number of nitrogens with zero attached hydrogens (tertiary/aromatic N) is 4. The number of nitrogen functional groups attached to an aromatic ring is 1. The van der Waals surface area contributed by atoms with E-state index in [1.165, 1.54) is 0 Å². The molecule has 0 aliphatic heterocycles. The highest BCUT2D eigenvalue weighted by atomic mass is 16.5. The first-order valence-electron chi connectivity index (χ1n) is 6.33. The molecule has 0 unspecified atom stereocenters. The maximum Gasteiger partial charge on any atom is 0.184 e. The van der Waals surface area contributed by atoms with Crippen LogP contribution in [-0.4, -0.2) is 32.9 Å². The topological polar surface area (TPSA) is 78.9 Å². The zero-order chi connectivity index (χ0) is 13.8. The number of aromatic nitrogens is 4. The Morgan fingerprint density at radius 3 is 2.84 bits per heavy atom. The van der Waals surface area contributed by atoms with E-state index in [1.54, 1.807) is 4.68 Å². The summed E-state index contributed by atoms with van der Waals surface area (Å²) in [5, 5.41) is 11.8. The molecule has 0 spiro atoms. The zero-order valence-electron chi connectivity index (χ0n) is 11.5. The van der Waals surface area contributed by atoms with Gasteiger partial charge in [-0.1, -0.05) is 12.1 Å². The van der Waals surface area contributed by atoms with Crippen LogP contribution in [0.4, 0.5) is 5.69 Å². The van der Waals surface area contributed by atoms with Gasteiger partial charge in [-0.3, -0.25) is 0 Å². The second-order valence-corrected chi connectivity index (χ2v) is 4.68. The minimum absolute atomic E-state index is 0.198. The number of tetrazole rings is 1. The number of rotatable bonds is 5. The van der Waals surface area contributed by atoms with Gasteiger partial charge >= 0.3 is 0 Å². The van der Waals surface area contributed by atoms with Gasteiger partial charge in [-0.15, -0.1) is 5.10 Å². The van der Waals surface area contributed by atoms with E-state index in [4.69, 9.17) is 10.5 Å². The molecule has 2 aromatic rings. The molecule has 0 amide bonds. The first-order valence-corrected chi connectivity index (χ1v) is 6.33. The van der Waals surface area contributed by atoms with Crippen LogP contribution in [0.5, 0.6) is 0 Å². The number of ether oxygens (including phenoxy) is 1. The molecule has 102 valence electrons. The van der Waals surface area contributed by atoms with Gasteiger partial charge in [-0.05, 0) is 42.8 Å². The van der Waals surface area contributed by atoms with Gasteiger partial charge in [0.2, 0.25) is 0 Å². The number of aryl methyl sites for hydroxylation is 1. The molecule has 6 nitrogen and oxygen atoms in total. The van der Waals surface area contributed by atoms with E-state index < -0.39 is 0 Å². The third-order valence-corrected chi connectivity index (χ3v) is 2.81. The highest BCUT2D eigenvalue weighted by molar-refractivity contribution is 5.74. The third-order valence-electron chi connectivity index (χ3n) is 2.81. The van der Waals surface area contributed by atoms with Crippen molar-refractivity contribution in [1.29, 1.82) is 0 Å². The molecule has 0 fully saturated rings. The van der Waals surface area contributed by atoms with Crippen LogP contribution < -0.4 is 5.73 Å². The molecule has 1 heterocycles. The summed E-state index contributed by atoms with van der Waals surface area (Å²) in [5.41, 5.74) is 8.64. The van der Waals surface area contributed by atoms with Gasteiger partial charge in [-0.25, -0.2) is 4.68 Å². The highest BCUT2D eigenvalue weighted by Gasteiger charge is 2.14. The Bertz CT molecular complexity index is 529. The molecular formula is C13H19N5O. The maximum atomic E-state index is 6.02. The van der Waals surface area contributed by atoms with Gasteiger partial charge in [0.1, 0.15) is 0 Å². The fourth-order valence-corrected chi connectivity index (χ4v) is 1.91. The molecule has 1 aromatic carbocycles. The maximum absolute atomic E-state index is 6.02. The molecule has 19 heavy (non-hydrogen) atoms. The van der Waals surface area contributed by atoms with Gasteiger partial charge in [0.05, 0.1) is 19.3 Å². The normalized spacial score (nSPS) is 11.2. The zero-order valence-corrected chi connectivity index (χ0v) is 11.5. The first-order chi connectivity index (χ1) is 9.09. The summed E-state index contributed by atoms with van der Waals surface area (Å²) in [6, 6.07) is 5.77. The number of benzene rings is 1. The molecule has 0 aliphatic carbocycles. The highest BCUT2D eigenvalue weighted by Crippen LogP contribution is 2.26. The number of nitrogens with two attached hydrogens (primary N) is 1. The molecule has 0 atom stereocenters. The van der Waals surface area contributed by atoms with Crippen molar-refractivity contribution in [3.8, 4) is 11.4 Å². The van der Waals surface area contributed by atoms with Crippen LogP contribution in [0.1, 0.15) is 19.4 Å². The molecule has 1 aromatic heterocycles. The quantitative estimate of drug-likeness (QED) is 0.828. The summed E-state index contributed by atoms with van der Waals surface area (Å²) in [7, 11) is 0.